The molecule has 0 radical (unpaired) electrons. The summed E-state index contributed by atoms with van der Waals surface area (Å²) in [7, 11) is 0. The molecule has 0 aliphatic heterocycles. The van der Waals surface area contributed by atoms with Crippen LogP contribution in [0.1, 0.15) is 62.2 Å². The molecule has 1 unspecified atom stereocenters. The highest BCUT2D eigenvalue weighted by Gasteiger charge is 2.20. The van der Waals surface area contributed by atoms with Crippen molar-refractivity contribution < 1.29 is 18.3 Å². The average Bonchev–Trinajstić information content (AvgIpc) is 2.90. The molecule has 29 heavy (non-hydrogen) atoms. The number of hydrogen-bond acceptors (Lipinski definition) is 3. The van der Waals surface area contributed by atoms with Gasteiger partial charge in [-0.05, 0) is 44.2 Å². The number of benzene rings is 1. The number of alkyl halides is 2. The van der Waals surface area contributed by atoms with Crippen LogP contribution in [0.2, 0.25) is 0 Å². The first kappa shape index (κ1) is 22.8. The van der Waals surface area contributed by atoms with Crippen LogP contribution in [0.5, 0.6) is 5.75 Å². The highest BCUT2D eigenvalue weighted by atomic mass is 19.3. The Kier molecular flexibility index (Phi) is 8.17. The molecule has 1 amide bonds. The fourth-order valence-corrected chi connectivity index (χ4v) is 3.50. The van der Waals surface area contributed by atoms with Crippen molar-refractivity contribution in [3.8, 4) is 5.75 Å². The second kappa shape index (κ2) is 10.4. The number of amides is 1. The number of aromatic nitrogens is 2. The maximum Gasteiger partial charge on any atom is 0.387 e. The van der Waals surface area contributed by atoms with Gasteiger partial charge in [0.1, 0.15) is 5.75 Å². The van der Waals surface area contributed by atoms with Crippen molar-refractivity contribution in [3.63, 3.8) is 0 Å². The van der Waals surface area contributed by atoms with E-state index < -0.39 is 6.61 Å². The van der Waals surface area contributed by atoms with Crippen molar-refractivity contribution >= 4 is 5.91 Å². The second-order valence-electron chi connectivity index (χ2n) is 7.67. The van der Waals surface area contributed by atoms with Crippen LogP contribution in [0, 0.1) is 19.8 Å². The van der Waals surface area contributed by atoms with Gasteiger partial charge in [-0.3, -0.25) is 9.48 Å². The first-order chi connectivity index (χ1) is 13.7. The number of aryl methyl sites for hydroxylation is 1. The molecule has 1 atom stereocenters. The molecule has 1 aromatic heterocycles. The quantitative estimate of drug-likeness (QED) is 0.606. The summed E-state index contributed by atoms with van der Waals surface area (Å²) in [5.74, 6) is 0.459. The van der Waals surface area contributed by atoms with E-state index in [0.717, 1.165) is 23.5 Å². The van der Waals surface area contributed by atoms with E-state index in [1.54, 1.807) is 18.2 Å². The molecule has 0 fully saturated rings. The first-order valence-corrected chi connectivity index (χ1v) is 10.1. The van der Waals surface area contributed by atoms with Crippen molar-refractivity contribution in [2.24, 2.45) is 5.92 Å². The molecular weight excluding hydrogens is 376 g/mol. The Morgan fingerprint density at radius 3 is 2.55 bits per heavy atom. The molecule has 7 heteroatoms. The van der Waals surface area contributed by atoms with Gasteiger partial charge in [-0.15, -0.1) is 0 Å². The summed E-state index contributed by atoms with van der Waals surface area (Å²) in [6, 6.07) is 6.19. The van der Waals surface area contributed by atoms with Gasteiger partial charge < -0.3 is 10.1 Å². The number of ether oxygens (including phenoxy) is 1. The normalized spacial score (nSPS) is 12.4. The number of carbonyl (C=O) groups excluding carboxylic acids is 1. The lowest BCUT2D eigenvalue weighted by molar-refractivity contribution is -0.121. The lowest BCUT2D eigenvalue weighted by Gasteiger charge is -2.20. The minimum atomic E-state index is -2.90. The molecule has 0 saturated heterocycles. The fourth-order valence-electron chi connectivity index (χ4n) is 3.50. The van der Waals surface area contributed by atoms with Crippen molar-refractivity contribution in [2.75, 3.05) is 0 Å². The molecule has 2 aromatic rings. The van der Waals surface area contributed by atoms with E-state index in [1.165, 1.54) is 6.07 Å². The molecule has 1 aromatic carbocycles. The molecule has 0 bridgehead atoms. The van der Waals surface area contributed by atoms with E-state index in [4.69, 9.17) is 0 Å². The Labute approximate surface area is 171 Å². The highest BCUT2D eigenvalue weighted by molar-refractivity contribution is 5.77. The minimum absolute atomic E-state index is 0.0938. The van der Waals surface area contributed by atoms with E-state index in [1.807, 2.05) is 25.5 Å². The van der Waals surface area contributed by atoms with Gasteiger partial charge in [0.15, 0.2) is 0 Å². The summed E-state index contributed by atoms with van der Waals surface area (Å²) in [5, 5.41) is 7.54. The minimum Gasteiger partial charge on any atom is -0.434 e. The molecule has 2 rings (SSSR count). The second-order valence-corrected chi connectivity index (χ2v) is 7.67. The Balaban J connectivity index is 2.04. The Morgan fingerprint density at radius 2 is 1.93 bits per heavy atom. The van der Waals surface area contributed by atoms with Crippen molar-refractivity contribution in [3.05, 3.63) is 46.8 Å². The maximum atomic E-state index is 12.7. The van der Waals surface area contributed by atoms with Crippen molar-refractivity contribution in [2.45, 2.75) is 73.1 Å². The van der Waals surface area contributed by atoms with Crippen molar-refractivity contribution in [1.82, 2.24) is 15.1 Å². The number of rotatable bonds is 10. The first-order valence-electron chi connectivity index (χ1n) is 10.1. The zero-order valence-electron chi connectivity index (χ0n) is 17.8. The third-order valence-corrected chi connectivity index (χ3v) is 4.93. The number of carbonyl (C=O) groups is 1. The zero-order valence-corrected chi connectivity index (χ0v) is 17.8. The predicted molar refractivity (Wildman–Crippen MR) is 109 cm³/mol. The third-order valence-electron chi connectivity index (χ3n) is 4.93. The molecule has 0 aliphatic carbocycles. The van der Waals surface area contributed by atoms with E-state index >= 15 is 0 Å². The number of nitrogens with zero attached hydrogens (tertiary/aromatic N) is 2. The molecule has 0 spiro atoms. The molecule has 5 nitrogen and oxygen atoms in total. The summed E-state index contributed by atoms with van der Waals surface area (Å²) >= 11 is 0. The SMILES string of the molecule is CCC(NC(=O)CCc1c(C)nn(CC(C)C)c1C)c1ccccc1OC(F)F. The highest BCUT2D eigenvalue weighted by Crippen LogP contribution is 2.28. The van der Waals surface area contributed by atoms with Gasteiger partial charge in [-0.1, -0.05) is 39.0 Å². The van der Waals surface area contributed by atoms with E-state index in [2.05, 4.69) is 29.0 Å². The van der Waals surface area contributed by atoms with Gasteiger partial charge in [0, 0.05) is 24.2 Å². The average molecular weight is 408 g/mol. The van der Waals surface area contributed by atoms with Crippen LogP contribution in [0.3, 0.4) is 0 Å². The van der Waals surface area contributed by atoms with Gasteiger partial charge in [0.05, 0.1) is 11.7 Å². The van der Waals surface area contributed by atoms with Crippen LogP contribution in [0.4, 0.5) is 8.78 Å². The van der Waals surface area contributed by atoms with Gasteiger partial charge in [0.2, 0.25) is 5.91 Å². The van der Waals surface area contributed by atoms with Gasteiger partial charge in [0.25, 0.3) is 0 Å². The van der Waals surface area contributed by atoms with E-state index in [0.29, 0.717) is 30.7 Å². The topological polar surface area (TPSA) is 56.2 Å². The van der Waals surface area contributed by atoms with Gasteiger partial charge >= 0.3 is 6.61 Å². The predicted octanol–water partition coefficient (Wildman–Crippen LogP) is 4.96. The Morgan fingerprint density at radius 1 is 1.24 bits per heavy atom. The number of para-hydroxylation sites is 1. The van der Waals surface area contributed by atoms with Crippen LogP contribution in [0.15, 0.2) is 24.3 Å². The standard InChI is InChI=1S/C22H31F2N3O2/c1-6-19(18-9-7-8-10-20(18)29-22(23)24)25-21(28)12-11-17-15(4)26-27(16(17)5)13-14(2)3/h7-10,14,19,22H,6,11-13H2,1-5H3,(H,25,28). The lowest BCUT2D eigenvalue weighted by atomic mass is 10.0. The van der Waals surface area contributed by atoms with Crippen LogP contribution >= 0.6 is 0 Å². The van der Waals surface area contributed by atoms with Gasteiger partial charge in [-0.25, -0.2) is 0 Å². The van der Waals surface area contributed by atoms with E-state index in [-0.39, 0.29) is 17.7 Å². The monoisotopic (exact) mass is 407 g/mol. The third kappa shape index (κ3) is 6.27. The summed E-state index contributed by atoms with van der Waals surface area (Å²) in [4.78, 5) is 12.6. The van der Waals surface area contributed by atoms with Crippen LogP contribution in [-0.2, 0) is 17.8 Å². The summed E-state index contributed by atoms with van der Waals surface area (Å²) in [5.41, 5.74) is 3.68. The smallest absolute Gasteiger partial charge is 0.387 e. The van der Waals surface area contributed by atoms with Gasteiger partial charge in [-0.2, -0.15) is 13.9 Å². The molecule has 0 aliphatic rings. The molecule has 0 saturated carbocycles. The Bertz CT molecular complexity index is 818. The van der Waals surface area contributed by atoms with Crippen LogP contribution in [0.25, 0.3) is 0 Å². The van der Waals surface area contributed by atoms with Crippen LogP contribution in [-0.4, -0.2) is 22.3 Å². The molecule has 1 heterocycles. The Hall–Kier alpha value is -2.44. The summed E-state index contributed by atoms with van der Waals surface area (Å²) in [6.07, 6.45) is 1.47. The summed E-state index contributed by atoms with van der Waals surface area (Å²) in [6.45, 7) is 8.12. The largest absolute Gasteiger partial charge is 0.434 e. The number of nitrogens with one attached hydrogen (secondary N) is 1. The molecular formula is C22H31F2N3O2. The van der Waals surface area contributed by atoms with E-state index in [9.17, 15) is 13.6 Å². The zero-order chi connectivity index (χ0) is 21.6. The van der Waals surface area contributed by atoms with Crippen molar-refractivity contribution in [1.29, 1.82) is 0 Å². The number of hydrogen-bond donors (Lipinski definition) is 1. The molecule has 1 N–H and O–H groups in total. The lowest BCUT2D eigenvalue weighted by Crippen LogP contribution is -2.29. The maximum absolute atomic E-state index is 12.7. The summed E-state index contributed by atoms with van der Waals surface area (Å²) < 4.78 is 32.0. The fraction of sp³-hybridized carbons (Fsp3) is 0.545. The van der Waals surface area contributed by atoms with Crippen LogP contribution < -0.4 is 10.1 Å². The molecule has 160 valence electrons. The number of halogens is 2.